The first-order valence-corrected chi connectivity index (χ1v) is 6.37. The maximum atomic E-state index is 11.6. The van der Waals surface area contributed by atoms with Gasteiger partial charge in [0.1, 0.15) is 5.75 Å². The quantitative estimate of drug-likeness (QED) is 0.646. The fraction of sp³-hybridized carbons (Fsp3) is 0.267. The lowest BCUT2D eigenvalue weighted by molar-refractivity contribution is 0.160. The zero-order chi connectivity index (χ0) is 13.7. The molecule has 0 aliphatic heterocycles. The summed E-state index contributed by atoms with van der Waals surface area (Å²) in [6.45, 7) is 2.45. The van der Waals surface area contributed by atoms with E-state index in [1.165, 1.54) is 0 Å². The van der Waals surface area contributed by atoms with Crippen molar-refractivity contribution in [1.29, 1.82) is 0 Å². The molecule has 2 rings (SSSR count). The maximum absolute atomic E-state index is 11.6. The highest BCUT2D eigenvalue weighted by Crippen LogP contribution is 2.30. The van der Waals surface area contributed by atoms with Gasteiger partial charge in [-0.15, -0.1) is 0 Å². The molecule has 0 atom stereocenters. The molecule has 0 spiro atoms. The van der Waals surface area contributed by atoms with Crippen LogP contribution in [0.25, 0.3) is 10.8 Å². The lowest BCUT2D eigenvalue weighted by atomic mass is 10.1. The van der Waals surface area contributed by atoms with Gasteiger partial charge in [0.05, 0.1) is 12.3 Å². The van der Waals surface area contributed by atoms with Gasteiger partial charge in [0.15, 0.2) is 0 Å². The number of nitrogens with one attached hydrogen (secondary N) is 1. The van der Waals surface area contributed by atoms with Crippen molar-refractivity contribution in [3.63, 3.8) is 0 Å². The van der Waals surface area contributed by atoms with Crippen molar-refractivity contribution in [2.24, 2.45) is 0 Å². The van der Waals surface area contributed by atoms with E-state index in [1.807, 2.05) is 25.1 Å². The van der Waals surface area contributed by atoms with E-state index >= 15 is 0 Å². The Bertz CT molecular complexity index is 581. The van der Waals surface area contributed by atoms with Crippen molar-refractivity contribution < 1.29 is 14.6 Å². The second-order valence-corrected chi connectivity index (χ2v) is 4.29. The molecule has 0 aliphatic rings. The van der Waals surface area contributed by atoms with Crippen LogP contribution in [0.1, 0.15) is 19.8 Å². The molecule has 0 fully saturated rings. The number of ether oxygens (including phenoxy) is 1. The van der Waals surface area contributed by atoms with Crippen molar-refractivity contribution in [3.8, 4) is 5.75 Å². The van der Waals surface area contributed by atoms with Crippen LogP contribution in [0.2, 0.25) is 0 Å². The van der Waals surface area contributed by atoms with E-state index in [0.717, 1.165) is 18.2 Å². The average Bonchev–Trinajstić information content (AvgIpc) is 2.43. The summed E-state index contributed by atoms with van der Waals surface area (Å²) in [6.07, 6.45) is 1.36. The lowest BCUT2D eigenvalue weighted by Gasteiger charge is -2.10. The number of aromatic hydroxyl groups is 1. The predicted molar refractivity (Wildman–Crippen MR) is 75.5 cm³/mol. The molecule has 0 heterocycles. The van der Waals surface area contributed by atoms with Gasteiger partial charge < -0.3 is 9.84 Å². The number of hydrogen-bond acceptors (Lipinski definition) is 3. The molecule has 4 nitrogen and oxygen atoms in total. The van der Waals surface area contributed by atoms with Gasteiger partial charge in [-0.1, -0.05) is 37.6 Å². The molecule has 0 aliphatic carbocycles. The number of hydrogen-bond donors (Lipinski definition) is 2. The van der Waals surface area contributed by atoms with Crippen molar-refractivity contribution in [2.45, 2.75) is 19.8 Å². The highest BCUT2D eigenvalue weighted by molar-refractivity contribution is 6.02. The zero-order valence-electron chi connectivity index (χ0n) is 10.8. The summed E-state index contributed by atoms with van der Waals surface area (Å²) in [6, 6.07) is 10.6. The summed E-state index contributed by atoms with van der Waals surface area (Å²) in [4.78, 5) is 11.6. The standard InChI is InChI=1S/C15H17NO3/c1-2-3-10-19-15(18)16-13-8-9-14(17)12-7-5-4-6-11(12)13/h4-9,17H,2-3,10H2,1H3,(H,16,18). The Morgan fingerprint density at radius 1 is 1.21 bits per heavy atom. The average molecular weight is 259 g/mol. The van der Waals surface area contributed by atoms with E-state index < -0.39 is 6.09 Å². The molecule has 0 aromatic heterocycles. The first-order valence-electron chi connectivity index (χ1n) is 6.37. The van der Waals surface area contributed by atoms with E-state index in [9.17, 15) is 9.90 Å². The number of unbranched alkanes of at least 4 members (excludes halogenated alkanes) is 1. The smallest absolute Gasteiger partial charge is 0.411 e. The molecule has 0 saturated carbocycles. The summed E-state index contributed by atoms with van der Waals surface area (Å²) in [7, 11) is 0. The summed E-state index contributed by atoms with van der Waals surface area (Å²) >= 11 is 0. The monoisotopic (exact) mass is 259 g/mol. The Morgan fingerprint density at radius 2 is 1.95 bits per heavy atom. The van der Waals surface area contributed by atoms with Crippen LogP contribution < -0.4 is 5.32 Å². The molecular weight excluding hydrogens is 242 g/mol. The van der Waals surface area contributed by atoms with Gasteiger partial charge in [-0.25, -0.2) is 4.79 Å². The minimum atomic E-state index is -0.468. The molecule has 4 heteroatoms. The molecular formula is C15H17NO3. The largest absolute Gasteiger partial charge is 0.507 e. The molecule has 0 bridgehead atoms. The Balaban J connectivity index is 2.17. The van der Waals surface area contributed by atoms with Crippen LogP contribution in [-0.2, 0) is 4.74 Å². The van der Waals surface area contributed by atoms with E-state index in [0.29, 0.717) is 17.7 Å². The molecule has 2 aromatic rings. The highest BCUT2D eigenvalue weighted by Gasteiger charge is 2.08. The third-order valence-electron chi connectivity index (χ3n) is 2.87. The number of amides is 1. The lowest BCUT2D eigenvalue weighted by Crippen LogP contribution is -2.14. The third-order valence-corrected chi connectivity index (χ3v) is 2.87. The summed E-state index contributed by atoms with van der Waals surface area (Å²) in [5, 5.41) is 13.9. The van der Waals surface area contributed by atoms with Crippen LogP contribution in [0.5, 0.6) is 5.75 Å². The fourth-order valence-corrected chi connectivity index (χ4v) is 1.85. The van der Waals surface area contributed by atoms with Crippen molar-refractivity contribution in [2.75, 3.05) is 11.9 Å². The second-order valence-electron chi connectivity index (χ2n) is 4.29. The fourth-order valence-electron chi connectivity index (χ4n) is 1.85. The van der Waals surface area contributed by atoms with E-state index in [1.54, 1.807) is 18.2 Å². The number of rotatable bonds is 4. The Morgan fingerprint density at radius 3 is 2.68 bits per heavy atom. The van der Waals surface area contributed by atoms with Gasteiger partial charge >= 0.3 is 6.09 Å². The van der Waals surface area contributed by atoms with Crippen LogP contribution in [0.3, 0.4) is 0 Å². The number of phenolic OH excluding ortho intramolecular Hbond substituents is 1. The van der Waals surface area contributed by atoms with Crippen LogP contribution in [0.15, 0.2) is 36.4 Å². The molecule has 0 unspecified atom stereocenters. The first kappa shape index (κ1) is 13.2. The summed E-state index contributed by atoms with van der Waals surface area (Å²) in [5.74, 6) is 0.195. The normalized spacial score (nSPS) is 10.4. The van der Waals surface area contributed by atoms with Gasteiger partial charge in [-0.2, -0.15) is 0 Å². The van der Waals surface area contributed by atoms with Crippen molar-refractivity contribution in [3.05, 3.63) is 36.4 Å². The molecule has 2 N–H and O–H groups in total. The highest BCUT2D eigenvalue weighted by atomic mass is 16.5. The summed E-state index contributed by atoms with van der Waals surface area (Å²) < 4.78 is 5.05. The minimum absolute atomic E-state index is 0.195. The van der Waals surface area contributed by atoms with Gasteiger partial charge in [0, 0.05) is 10.8 Å². The predicted octanol–water partition coefficient (Wildman–Crippen LogP) is 3.89. The van der Waals surface area contributed by atoms with Crippen molar-refractivity contribution >= 4 is 22.6 Å². The number of phenols is 1. The maximum Gasteiger partial charge on any atom is 0.411 e. The number of carbonyl (C=O) groups excluding carboxylic acids is 1. The third kappa shape index (κ3) is 3.16. The Hall–Kier alpha value is -2.23. The zero-order valence-corrected chi connectivity index (χ0v) is 10.8. The van der Waals surface area contributed by atoms with Crippen LogP contribution in [0.4, 0.5) is 10.5 Å². The number of benzene rings is 2. The molecule has 0 radical (unpaired) electrons. The van der Waals surface area contributed by atoms with Gasteiger partial charge in [-0.3, -0.25) is 5.32 Å². The molecule has 0 saturated heterocycles. The first-order chi connectivity index (χ1) is 9.22. The molecule has 2 aromatic carbocycles. The Kier molecular flexibility index (Phi) is 4.23. The van der Waals surface area contributed by atoms with Gasteiger partial charge in [0.2, 0.25) is 0 Å². The van der Waals surface area contributed by atoms with Gasteiger partial charge in [-0.05, 0) is 18.6 Å². The molecule has 1 amide bonds. The van der Waals surface area contributed by atoms with E-state index in [-0.39, 0.29) is 5.75 Å². The van der Waals surface area contributed by atoms with Crippen LogP contribution >= 0.6 is 0 Å². The number of anilines is 1. The molecule has 19 heavy (non-hydrogen) atoms. The Labute approximate surface area is 112 Å². The van der Waals surface area contributed by atoms with Crippen LogP contribution in [0, 0.1) is 0 Å². The topological polar surface area (TPSA) is 58.6 Å². The number of carbonyl (C=O) groups is 1. The SMILES string of the molecule is CCCCOC(=O)Nc1ccc(O)c2ccccc12. The van der Waals surface area contributed by atoms with Gasteiger partial charge in [0.25, 0.3) is 0 Å². The van der Waals surface area contributed by atoms with Crippen LogP contribution in [-0.4, -0.2) is 17.8 Å². The molecule has 100 valence electrons. The van der Waals surface area contributed by atoms with Crippen molar-refractivity contribution in [1.82, 2.24) is 0 Å². The van der Waals surface area contributed by atoms with E-state index in [4.69, 9.17) is 4.74 Å². The second kappa shape index (κ2) is 6.09. The van der Waals surface area contributed by atoms with E-state index in [2.05, 4.69) is 5.32 Å². The summed E-state index contributed by atoms with van der Waals surface area (Å²) in [5.41, 5.74) is 0.634. The minimum Gasteiger partial charge on any atom is -0.507 e. The number of fused-ring (bicyclic) bond motifs is 1.